The molecule has 1 aromatic carbocycles. The molecule has 2 aromatic heterocycles. The molecule has 0 unspecified atom stereocenters. The number of hydrogen-bond donors (Lipinski definition) is 1. The molecule has 0 saturated heterocycles. The van der Waals surface area contributed by atoms with Crippen LogP contribution in [0.5, 0.6) is 0 Å². The number of aryl methyl sites for hydroxylation is 3. The Morgan fingerprint density at radius 3 is 2.74 bits per heavy atom. The van der Waals surface area contributed by atoms with Crippen LogP contribution in [0.15, 0.2) is 36.9 Å². The Kier molecular flexibility index (Phi) is 4.32. The molecule has 1 amide bonds. The molecule has 0 bridgehead atoms. The van der Waals surface area contributed by atoms with Crippen molar-refractivity contribution >= 4 is 11.7 Å². The second-order valence-corrected chi connectivity index (χ2v) is 5.70. The first-order valence-electron chi connectivity index (χ1n) is 7.62. The minimum absolute atomic E-state index is 0.0262. The molecular formula is C17H19N5O. The molecule has 0 fully saturated rings. The van der Waals surface area contributed by atoms with Gasteiger partial charge in [0.1, 0.15) is 6.33 Å². The van der Waals surface area contributed by atoms with E-state index in [-0.39, 0.29) is 5.91 Å². The Morgan fingerprint density at radius 1 is 1.17 bits per heavy atom. The Labute approximate surface area is 134 Å². The third kappa shape index (κ3) is 3.71. The van der Waals surface area contributed by atoms with E-state index in [1.165, 1.54) is 6.33 Å². The quantitative estimate of drug-likeness (QED) is 0.733. The zero-order valence-electron chi connectivity index (χ0n) is 13.3. The summed E-state index contributed by atoms with van der Waals surface area (Å²) in [6, 6.07) is 5.87. The maximum absolute atomic E-state index is 12.2. The third-order valence-corrected chi connectivity index (χ3v) is 3.60. The van der Waals surface area contributed by atoms with E-state index in [2.05, 4.69) is 26.4 Å². The van der Waals surface area contributed by atoms with Crippen molar-refractivity contribution in [2.75, 3.05) is 6.54 Å². The molecule has 118 valence electrons. The van der Waals surface area contributed by atoms with E-state index in [0.717, 1.165) is 29.5 Å². The highest BCUT2D eigenvalue weighted by Crippen LogP contribution is 2.09. The summed E-state index contributed by atoms with van der Waals surface area (Å²) in [7, 11) is 0. The molecule has 2 heterocycles. The summed E-state index contributed by atoms with van der Waals surface area (Å²) < 4.78 is 1.66. The molecule has 0 spiro atoms. The lowest BCUT2D eigenvalue weighted by Gasteiger charge is -2.07. The fourth-order valence-electron chi connectivity index (χ4n) is 2.59. The first-order chi connectivity index (χ1) is 11.1. The lowest BCUT2D eigenvalue weighted by Crippen LogP contribution is -2.25. The van der Waals surface area contributed by atoms with E-state index in [1.54, 1.807) is 10.7 Å². The van der Waals surface area contributed by atoms with Crippen molar-refractivity contribution in [1.82, 2.24) is 24.9 Å². The van der Waals surface area contributed by atoms with Crippen LogP contribution in [0.1, 0.15) is 33.5 Å². The van der Waals surface area contributed by atoms with Gasteiger partial charge >= 0.3 is 0 Å². The Morgan fingerprint density at radius 2 is 1.96 bits per heavy atom. The van der Waals surface area contributed by atoms with Crippen molar-refractivity contribution in [2.24, 2.45) is 0 Å². The number of fused-ring (bicyclic) bond motifs is 1. The van der Waals surface area contributed by atoms with Gasteiger partial charge < -0.3 is 5.32 Å². The van der Waals surface area contributed by atoms with Crippen LogP contribution in [0.2, 0.25) is 0 Å². The second-order valence-electron chi connectivity index (χ2n) is 5.70. The van der Waals surface area contributed by atoms with Crippen LogP contribution in [-0.4, -0.2) is 32.0 Å². The highest BCUT2D eigenvalue weighted by atomic mass is 16.1. The highest BCUT2D eigenvalue weighted by Gasteiger charge is 2.06. The lowest BCUT2D eigenvalue weighted by atomic mass is 10.1. The van der Waals surface area contributed by atoms with Gasteiger partial charge in [-0.3, -0.25) is 4.79 Å². The van der Waals surface area contributed by atoms with Crippen molar-refractivity contribution in [3.05, 3.63) is 59.2 Å². The van der Waals surface area contributed by atoms with Crippen LogP contribution in [0, 0.1) is 13.8 Å². The summed E-state index contributed by atoms with van der Waals surface area (Å²) in [4.78, 5) is 20.4. The summed E-state index contributed by atoms with van der Waals surface area (Å²) in [6.07, 6.45) is 6.88. The number of amides is 1. The van der Waals surface area contributed by atoms with E-state index in [1.807, 2.05) is 32.2 Å². The summed E-state index contributed by atoms with van der Waals surface area (Å²) in [5.74, 6) is 0.568. The topological polar surface area (TPSA) is 72.2 Å². The van der Waals surface area contributed by atoms with E-state index >= 15 is 0 Å². The van der Waals surface area contributed by atoms with Gasteiger partial charge in [-0.05, 0) is 44.4 Å². The summed E-state index contributed by atoms with van der Waals surface area (Å²) in [5.41, 5.74) is 3.99. The van der Waals surface area contributed by atoms with Gasteiger partial charge in [0.15, 0.2) is 0 Å². The van der Waals surface area contributed by atoms with Crippen LogP contribution in [-0.2, 0) is 6.42 Å². The van der Waals surface area contributed by atoms with Crippen LogP contribution in [0.4, 0.5) is 0 Å². The minimum Gasteiger partial charge on any atom is -0.352 e. The summed E-state index contributed by atoms with van der Waals surface area (Å²) >= 11 is 0. The van der Waals surface area contributed by atoms with Crippen molar-refractivity contribution in [3.63, 3.8) is 0 Å². The van der Waals surface area contributed by atoms with Gasteiger partial charge in [-0.1, -0.05) is 17.2 Å². The first kappa shape index (κ1) is 15.1. The zero-order valence-corrected chi connectivity index (χ0v) is 13.3. The maximum Gasteiger partial charge on any atom is 0.252 e. The molecule has 0 radical (unpaired) electrons. The van der Waals surface area contributed by atoms with Crippen LogP contribution < -0.4 is 5.32 Å². The van der Waals surface area contributed by atoms with E-state index in [9.17, 15) is 4.79 Å². The van der Waals surface area contributed by atoms with Crippen molar-refractivity contribution in [1.29, 1.82) is 0 Å². The van der Waals surface area contributed by atoms with Gasteiger partial charge in [0, 0.05) is 24.5 Å². The largest absolute Gasteiger partial charge is 0.352 e. The molecule has 0 saturated carbocycles. The molecule has 0 aliphatic carbocycles. The van der Waals surface area contributed by atoms with Gasteiger partial charge in [-0.25, -0.2) is 9.50 Å². The number of nitrogens with one attached hydrogen (secondary N) is 1. The average molecular weight is 309 g/mol. The van der Waals surface area contributed by atoms with Crippen molar-refractivity contribution in [3.8, 4) is 0 Å². The number of hydrogen-bond acceptors (Lipinski definition) is 4. The predicted octanol–water partition coefficient (Wildman–Crippen LogP) is 2.10. The summed E-state index contributed by atoms with van der Waals surface area (Å²) in [6.45, 7) is 4.62. The zero-order chi connectivity index (χ0) is 16.2. The SMILES string of the molecule is Cc1cc(C)cc(C(=O)NCCCc2cnc3ncnn3c2)c1. The third-order valence-electron chi connectivity index (χ3n) is 3.60. The van der Waals surface area contributed by atoms with Gasteiger partial charge in [0.2, 0.25) is 0 Å². The van der Waals surface area contributed by atoms with Crippen molar-refractivity contribution < 1.29 is 4.79 Å². The van der Waals surface area contributed by atoms with Crippen molar-refractivity contribution in [2.45, 2.75) is 26.7 Å². The van der Waals surface area contributed by atoms with Crippen LogP contribution >= 0.6 is 0 Å². The van der Waals surface area contributed by atoms with Crippen LogP contribution in [0.3, 0.4) is 0 Å². The van der Waals surface area contributed by atoms with Gasteiger partial charge in [-0.15, -0.1) is 0 Å². The smallest absolute Gasteiger partial charge is 0.252 e. The number of carbonyl (C=O) groups is 1. The first-order valence-corrected chi connectivity index (χ1v) is 7.62. The molecule has 0 atom stereocenters. The minimum atomic E-state index is -0.0262. The number of aromatic nitrogens is 4. The molecule has 6 nitrogen and oxygen atoms in total. The number of benzene rings is 1. The number of rotatable bonds is 5. The van der Waals surface area contributed by atoms with Crippen LogP contribution in [0.25, 0.3) is 5.78 Å². The predicted molar refractivity (Wildman–Crippen MR) is 87.4 cm³/mol. The fraction of sp³-hybridized carbons (Fsp3) is 0.294. The van der Waals surface area contributed by atoms with E-state index in [0.29, 0.717) is 17.9 Å². The Bertz CT molecular complexity index is 820. The monoisotopic (exact) mass is 309 g/mol. The number of carbonyl (C=O) groups excluding carboxylic acids is 1. The molecule has 0 aliphatic rings. The summed E-state index contributed by atoms with van der Waals surface area (Å²) in [5, 5.41) is 7.03. The fourth-order valence-corrected chi connectivity index (χ4v) is 2.59. The maximum atomic E-state index is 12.2. The highest BCUT2D eigenvalue weighted by molar-refractivity contribution is 5.94. The normalized spacial score (nSPS) is 10.9. The molecule has 3 aromatic rings. The van der Waals surface area contributed by atoms with Gasteiger partial charge in [0.05, 0.1) is 0 Å². The second kappa shape index (κ2) is 6.56. The molecule has 6 heteroatoms. The molecule has 23 heavy (non-hydrogen) atoms. The molecule has 1 N–H and O–H groups in total. The lowest BCUT2D eigenvalue weighted by molar-refractivity contribution is 0.0953. The van der Waals surface area contributed by atoms with E-state index in [4.69, 9.17) is 0 Å². The molecule has 0 aliphatic heterocycles. The van der Waals surface area contributed by atoms with Gasteiger partial charge in [0.25, 0.3) is 11.7 Å². The Hall–Kier alpha value is -2.76. The van der Waals surface area contributed by atoms with Gasteiger partial charge in [-0.2, -0.15) is 10.1 Å². The number of nitrogens with zero attached hydrogens (tertiary/aromatic N) is 4. The van der Waals surface area contributed by atoms with E-state index < -0.39 is 0 Å². The molecule has 3 rings (SSSR count). The standard InChI is InChI=1S/C17H19N5O/c1-12-6-13(2)8-15(7-12)16(23)18-5-3-4-14-9-19-17-20-11-21-22(17)10-14/h6-11H,3-5H2,1-2H3,(H,18,23). The average Bonchev–Trinajstić information content (AvgIpc) is 2.98. The molecular weight excluding hydrogens is 290 g/mol. The Balaban J connectivity index is 1.51.